The van der Waals surface area contributed by atoms with E-state index < -0.39 is 0 Å². The van der Waals surface area contributed by atoms with Crippen molar-refractivity contribution < 1.29 is 14.3 Å². The fraction of sp³-hybridized carbons (Fsp3) is 0.296. The van der Waals surface area contributed by atoms with Crippen LogP contribution in [0.15, 0.2) is 59.1 Å². The number of aliphatic hydroxyl groups is 1. The quantitative estimate of drug-likeness (QED) is 0.338. The number of anilines is 3. The highest BCUT2D eigenvalue weighted by Gasteiger charge is 2.16. The van der Waals surface area contributed by atoms with Gasteiger partial charge in [-0.05, 0) is 42.7 Å². The first-order valence-electron chi connectivity index (χ1n) is 11.9. The zero-order valence-electron chi connectivity index (χ0n) is 21.8. The van der Waals surface area contributed by atoms with E-state index in [1.807, 2.05) is 57.2 Å². The number of aromatic nitrogens is 4. The summed E-state index contributed by atoms with van der Waals surface area (Å²) < 4.78 is 5.60. The molecule has 0 fully saturated rings. The van der Waals surface area contributed by atoms with E-state index in [0.717, 1.165) is 17.7 Å². The third kappa shape index (κ3) is 7.34. The molecule has 0 saturated heterocycles. The Morgan fingerprint density at radius 2 is 1.86 bits per heavy atom. The molecule has 2 aromatic carbocycles. The lowest BCUT2D eigenvalue weighted by molar-refractivity contribution is 0.0827. The molecule has 2 aromatic heterocycles. The van der Waals surface area contributed by atoms with Crippen LogP contribution in [0, 0.1) is 6.92 Å². The van der Waals surface area contributed by atoms with Crippen LogP contribution in [0.3, 0.4) is 0 Å². The number of rotatable bonds is 7. The summed E-state index contributed by atoms with van der Waals surface area (Å²) in [7, 11) is 3.44. The number of aryl methyl sites for hydroxylation is 1. The average Bonchev–Trinajstić information content (AvgIpc) is 3.36. The largest absolute Gasteiger partial charge is 0.420 e. The van der Waals surface area contributed by atoms with Crippen LogP contribution in [0.1, 0.15) is 47.1 Å². The zero-order valence-corrected chi connectivity index (χ0v) is 21.8. The minimum Gasteiger partial charge on any atom is -0.420 e. The van der Waals surface area contributed by atoms with Crippen molar-refractivity contribution in [3.63, 3.8) is 0 Å². The zero-order chi connectivity index (χ0) is 26.9. The summed E-state index contributed by atoms with van der Waals surface area (Å²) in [5, 5.41) is 19.6. The van der Waals surface area contributed by atoms with Gasteiger partial charge in [-0.2, -0.15) is 4.98 Å². The fourth-order valence-corrected chi connectivity index (χ4v) is 3.32. The molecule has 194 valence electrons. The number of nitrogen functional groups attached to an aromatic ring is 1. The van der Waals surface area contributed by atoms with Gasteiger partial charge in [-0.3, -0.25) is 4.79 Å². The summed E-state index contributed by atoms with van der Waals surface area (Å²) >= 11 is 0. The van der Waals surface area contributed by atoms with Crippen LogP contribution in [0.5, 0.6) is 0 Å². The maximum absolute atomic E-state index is 12.1. The van der Waals surface area contributed by atoms with Gasteiger partial charge >= 0.3 is 0 Å². The Morgan fingerprint density at radius 1 is 1.14 bits per heavy atom. The Labute approximate surface area is 216 Å². The van der Waals surface area contributed by atoms with Gasteiger partial charge in [0.05, 0.1) is 5.56 Å². The van der Waals surface area contributed by atoms with Gasteiger partial charge in [0.1, 0.15) is 5.82 Å². The van der Waals surface area contributed by atoms with Crippen LogP contribution in [-0.2, 0) is 6.42 Å². The van der Waals surface area contributed by atoms with E-state index in [0.29, 0.717) is 23.0 Å². The lowest BCUT2D eigenvalue weighted by Gasteiger charge is -2.14. The maximum Gasteiger partial charge on any atom is 0.253 e. The summed E-state index contributed by atoms with van der Waals surface area (Å²) in [4.78, 5) is 22.2. The van der Waals surface area contributed by atoms with E-state index >= 15 is 0 Å². The number of hydrogen-bond donors (Lipinski definition) is 3. The molecule has 10 heteroatoms. The third-order valence-electron chi connectivity index (χ3n) is 5.35. The smallest absolute Gasteiger partial charge is 0.253 e. The van der Waals surface area contributed by atoms with Crippen LogP contribution in [0.25, 0.3) is 11.5 Å². The number of nitrogens with two attached hydrogens (primary N) is 1. The van der Waals surface area contributed by atoms with Gasteiger partial charge in [0.25, 0.3) is 11.8 Å². The molecular weight excluding hydrogens is 470 g/mol. The Hall–Kier alpha value is -4.31. The van der Waals surface area contributed by atoms with E-state index in [9.17, 15) is 4.79 Å². The second-order valence-electron chi connectivity index (χ2n) is 8.91. The molecule has 4 aromatic rings. The highest BCUT2D eigenvalue weighted by molar-refractivity contribution is 5.95. The first-order valence-corrected chi connectivity index (χ1v) is 11.9. The lowest BCUT2D eigenvalue weighted by Crippen LogP contribution is -2.22. The average molecular weight is 504 g/mol. The minimum atomic E-state index is -0.0470. The van der Waals surface area contributed by atoms with E-state index in [1.54, 1.807) is 37.3 Å². The summed E-state index contributed by atoms with van der Waals surface area (Å²) in [6.45, 7) is 6.04. The second kappa shape index (κ2) is 12.6. The molecule has 0 unspecified atom stereocenters. The SMILES string of the molecule is Cc1cc(Nc2ncc(-c3nnc(C(C)C)o3)c(N)n2)ccc1C(=O)N(C)C.OCCc1ccccc1. The standard InChI is InChI=1S/C19H23N7O2.C8H10O/c1-10(2)16-24-25-17(28-16)14-9-21-19(23-15(14)20)22-12-6-7-13(11(3)8-12)18(27)26(4)5;9-7-6-8-4-2-1-3-5-8/h6-10H,1-5H3,(H3,20,21,22,23);1-5,9H,6-7H2. The number of carbonyl (C=O) groups is 1. The van der Waals surface area contributed by atoms with Crippen LogP contribution < -0.4 is 11.1 Å². The van der Waals surface area contributed by atoms with Crippen molar-refractivity contribution in [1.29, 1.82) is 0 Å². The first-order chi connectivity index (χ1) is 17.7. The van der Waals surface area contributed by atoms with Crippen molar-refractivity contribution in [3.05, 3.63) is 77.3 Å². The predicted octanol–water partition coefficient (Wildman–Crippen LogP) is 4.21. The molecule has 0 aliphatic rings. The van der Waals surface area contributed by atoms with Gasteiger partial charge in [0.2, 0.25) is 11.8 Å². The molecule has 0 saturated carbocycles. The van der Waals surface area contributed by atoms with Gasteiger partial charge in [0.15, 0.2) is 0 Å². The molecule has 1 amide bonds. The molecular formula is C27H33N7O3. The van der Waals surface area contributed by atoms with Crippen LogP contribution in [0.2, 0.25) is 0 Å². The molecule has 0 radical (unpaired) electrons. The molecule has 4 N–H and O–H groups in total. The number of benzene rings is 2. The minimum absolute atomic E-state index is 0.0470. The predicted molar refractivity (Wildman–Crippen MR) is 144 cm³/mol. The molecule has 0 spiro atoms. The number of hydrogen-bond acceptors (Lipinski definition) is 9. The van der Waals surface area contributed by atoms with E-state index in [1.165, 1.54) is 5.56 Å². The van der Waals surface area contributed by atoms with Crippen LogP contribution >= 0.6 is 0 Å². The number of amides is 1. The van der Waals surface area contributed by atoms with Gasteiger partial charge in [0, 0.05) is 44.1 Å². The maximum atomic E-state index is 12.1. The van der Waals surface area contributed by atoms with Gasteiger partial charge < -0.3 is 25.5 Å². The molecule has 2 heterocycles. The van der Waals surface area contributed by atoms with E-state index in [4.69, 9.17) is 15.3 Å². The molecule has 10 nitrogen and oxygen atoms in total. The highest BCUT2D eigenvalue weighted by atomic mass is 16.4. The van der Waals surface area contributed by atoms with E-state index in [-0.39, 0.29) is 30.1 Å². The molecule has 0 bridgehead atoms. The Morgan fingerprint density at radius 3 is 2.43 bits per heavy atom. The summed E-state index contributed by atoms with van der Waals surface area (Å²) in [6.07, 6.45) is 2.31. The molecule has 0 aliphatic carbocycles. The summed E-state index contributed by atoms with van der Waals surface area (Å²) in [5.41, 5.74) is 9.96. The first kappa shape index (κ1) is 27.3. The lowest BCUT2D eigenvalue weighted by atomic mass is 10.1. The van der Waals surface area contributed by atoms with Crippen molar-refractivity contribution in [3.8, 4) is 11.5 Å². The number of aliphatic hydroxyl groups excluding tert-OH is 1. The normalized spacial score (nSPS) is 10.6. The molecule has 0 aliphatic heterocycles. The van der Waals surface area contributed by atoms with Crippen molar-refractivity contribution in [2.45, 2.75) is 33.1 Å². The third-order valence-corrected chi connectivity index (χ3v) is 5.35. The Balaban J connectivity index is 0.000000356. The Kier molecular flexibility index (Phi) is 9.28. The van der Waals surface area contributed by atoms with Crippen LogP contribution in [-0.4, -0.2) is 56.8 Å². The number of nitrogens with zero attached hydrogens (tertiary/aromatic N) is 5. The Bertz CT molecular complexity index is 1320. The second-order valence-corrected chi connectivity index (χ2v) is 8.91. The highest BCUT2D eigenvalue weighted by Crippen LogP contribution is 2.26. The van der Waals surface area contributed by atoms with Crippen molar-refractivity contribution in [1.82, 2.24) is 25.1 Å². The van der Waals surface area contributed by atoms with Gasteiger partial charge in [-0.25, -0.2) is 4.98 Å². The van der Waals surface area contributed by atoms with Crippen molar-refractivity contribution in [2.75, 3.05) is 31.8 Å². The monoisotopic (exact) mass is 503 g/mol. The number of nitrogens with one attached hydrogen (secondary N) is 1. The topological polar surface area (TPSA) is 143 Å². The molecule has 4 rings (SSSR count). The molecule has 0 atom stereocenters. The number of carbonyl (C=O) groups excluding carboxylic acids is 1. The summed E-state index contributed by atoms with van der Waals surface area (Å²) in [5.74, 6) is 1.45. The van der Waals surface area contributed by atoms with Crippen molar-refractivity contribution in [2.24, 2.45) is 0 Å². The molecule has 37 heavy (non-hydrogen) atoms. The van der Waals surface area contributed by atoms with Crippen molar-refractivity contribution >= 4 is 23.4 Å². The van der Waals surface area contributed by atoms with E-state index in [2.05, 4.69) is 25.5 Å². The van der Waals surface area contributed by atoms with Gasteiger partial charge in [-0.1, -0.05) is 44.2 Å². The van der Waals surface area contributed by atoms with Crippen LogP contribution in [0.4, 0.5) is 17.5 Å². The van der Waals surface area contributed by atoms with Gasteiger partial charge in [-0.15, -0.1) is 10.2 Å². The summed E-state index contributed by atoms with van der Waals surface area (Å²) in [6, 6.07) is 15.4. The fourth-order valence-electron chi connectivity index (χ4n) is 3.32.